The Bertz CT molecular complexity index is 1110. The van der Waals surface area contributed by atoms with E-state index in [1.807, 2.05) is 32.0 Å². The van der Waals surface area contributed by atoms with Crippen molar-refractivity contribution < 1.29 is 14.3 Å². The number of rotatable bonds is 6. The van der Waals surface area contributed by atoms with Gasteiger partial charge in [-0.15, -0.1) is 0 Å². The third-order valence-corrected chi connectivity index (χ3v) is 5.79. The first-order chi connectivity index (χ1) is 13.6. The van der Waals surface area contributed by atoms with Crippen molar-refractivity contribution in [1.29, 1.82) is 0 Å². The van der Waals surface area contributed by atoms with E-state index in [0.717, 1.165) is 6.42 Å². The summed E-state index contributed by atoms with van der Waals surface area (Å²) < 4.78 is 12.3. The van der Waals surface area contributed by atoms with Crippen LogP contribution >= 0.6 is 11.8 Å². The number of hydrogen-bond donors (Lipinski definition) is 0. The average Bonchev–Trinajstić information content (AvgIpc) is 3.19. The lowest BCUT2D eigenvalue weighted by Crippen LogP contribution is -2.26. The number of nitrogens with zero attached hydrogens (tertiary/aromatic N) is 2. The van der Waals surface area contributed by atoms with Gasteiger partial charge in [-0.1, -0.05) is 30.8 Å². The minimum atomic E-state index is -0.0713. The molecule has 0 aliphatic carbocycles. The first-order valence-corrected chi connectivity index (χ1v) is 10.1. The highest BCUT2D eigenvalue weighted by Crippen LogP contribution is 2.33. The number of ether oxygens (including phenoxy) is 2. The fourth-order valence-electron chi connectivity index (χ4n) is 3.08. The van der Waals surface area contributed by atoms with Crippen molar-refractivity contribution in [3.05, 3.63) is 58.4 Å². The van der Waals surface area contributed by atoms with Crippen LogP contribution in [0.2, 0.25) is 0 Å². The van der Waals surface area contributed by atoms with Gasteiger partial charge in [0.1, 0.15) is 0 Å². The predicted octanol–water partition coefficient (Wildman–Crippen LogP) is 4.07. The molecule has 28 heavy (non-hydrogen) atoms. The number of ketones is 1. The number of aromatic nitrogens is 2. The summed E-state index contributed by atoms with van der Waals surface area (Å²) in [4.78, 5) is 30.3. The van der Waals surface area contributed by atoms with Crippen molar-refractivity contribution in [2.45, 2.75) is 31.5 Å². The van der Waals surface area contributed by atoms with E-state index in [4.69, 9.17) is 9.47 Å². The van der Waals surface area contributed by atoms with E-state index < -0.39 is 0 Å². The predicted molar refractivity (Wildman–Crippen MR) is 109 cm³/mol. The standard InChI is InChI=1S/C21H20N2O4S/c1-3-13(2)23-20(25)15-6-4-5-7-16(15)22-21(23)28-11-17(24)14-8-9-18-19(10-14)27-12-26-18/h4-10,13H,3,11-12H2,1-2H3/t13-/m1/s1. The number of hydrogen-bond acceptors (Lipinski definition) is 6. The molecule has 6 nitrogen and oxygen atoms in total. The van der Waals surface area contributed by atoms with Crippen LogP contribution in [-0.2, 0) is 0 Å². The molecule has 2 aromatic carbocycles. The molecule has 0 amide bonds. The lowest BCUT2D eigenvalue weighted by atomic mass is 10.1. The third kappa shape index (κ3) is 3.38. The maximum atomic E-state index is 13.0. The maximum absolute atomic E-state index is 13.0. The Labute approximate surface area is 166 Å². The van der Waals surface area contributed by atoms with Crippen molar-refractivity contribution in [3.8, 4) is 11.5 Å². The van der Waals surface area contributed by atoms with Gasteiger partial charge in [0.2, 0.25) is 6.79 Å². The molecule has 2 heterocycles. The van der Waals surface area contributed by atoms with Crippen molar-refractivity contribution >= 4 is 28.4 Å². The van der Waals surface area contributed by atoms with E-state index in [0.29, 0.717) is 33.1 Å². The monoisotopic (exact) mass is 396 g/mol. The highest BCUT2D eigenvalue weighted by molar-refractivity contribution is 7.99. The first-order valence-electron chi connectivity index (χ1n) is 9.15. The van der Waals surface area contributed by atoms with Crippen molar-refractivity contribution in [3.63, 3.8) is 0 Å². The summed E-state index contributed by atoms with van der Waals surface area (Å²) in [5.41, 5.74) is 1.12. The summed E-state index contributed by atoms with van der Waals surface area (Å²) in [6.45, 7) is 4.18. The number of benzene rings is 2. The first kappa shape index (κ1) is 18.6. The second-order valence-electron chi connectivity index (χ2n) is 6.62. The van der Waals surface area contributed by atoms with Crippen molar-refractivity contribution in [1.82, 2.24) is 9.55 Å². The van der Waals surface area contributed by atoms with Gasteiger partial charge < -0.3 is 9.47 Å². The zero-order valence-corrected chi connectivity index (χ0v) is 16.5. The Morgan fingerprint density at radius 1 is 1.21 bits per heavy atom. The van der Waals surface area contributed by atoms with Crippen LogP contribution in [0, 0.1) is 0 Å². The number of carbonyl (C=O) groups excluding carboxylic acids is 1. The highest BCUT2D eigenvalue weighted by Gasteiger charge is 2.19. The number of para-hydroxylation sites is 1. The van der Waals surface area contributed by atoms with Gasteiger partial charge in [0, 0.05) is 11.6 Å². The molecule has 0 saturated heterocycles. The Morgan fingerprint density at radius 2 is 2.00 bits per heavy atom. The van der Waals surface area contributed by atoms with Crippen molar-refractivity contribution in [2.75, 3.05) is 12.5 Å². The highest BCUT2D eigenvalue weighted by atomic mass is 32.2. The summed E-state index contributed by atoms with van der Waals surface area (Å²) in [5.74, 6) is 1.35. The van der Waals surface area contributed by atoms with Gasteiger partial charge in [-0.05, 0) is 43.7 Å². The van der Waals surface area contributed by atoms with Crippen molar-refractivity contribution in [2.24, 2.45) is 0 Å². The number of carbonyl (C=O) groups is 1. The largest absolute Gasteiger partial charge is 0.454 e. The Balaban J connectivity index is 1.63. The molecule has 1 aromatic heterocycles. The fourth-order valence-corrected chi connectivity index (χ4v) is 4.07. The average molecular weight is 396 g/mol. The van der Waals surface area contributed by atoms with Gasteiger partial charge >= 0.3 is 0 Å². The SMILES string of the molecule is CC[C@@H](C)n1c(SCC(=O)c2ccc3c(c2)OCO3)nc2ccccc2c1=O. The van der Waals surface area contributed by atoms with E-state index in [1.54, 1.807) is 28.8 Å². The van der Waals surface area contributed by atoms with Gasteiger partial charge in [0.25, 0.3) is 5.56 Å². The zero-order chi connectivity index (χ0) is 19.7. The van der Waals surface area contributed by atoms with Crippen LogP contribution < -0.4 is 15.0 Å². The smallest absolute Gasteiger partial charge is 0.262 e. The Hall–Kier alpha value is -2.80. The summed E-state index contributed by atoms with van der Waals surface area (Å²) in [7, 11) is 0. The molecule has 0 bridgehead atoms. The van der Waals surface area contributed by atoms with Crippen LogP contribution in [0.4, 0.5) is 0 Å². The molecule has 1 aliphatic heterocycles. The number of thioether (sulfide) groups is 1. The fraction of sp³-hybridized carbons (Fsp3) is 0.286. The number of fused-ring (bicyclic) bond motifs is 2. The number of Topliss-reactive ketones (excluding diaryl/α,β-unsaturated/α-hetero) is 1. The summed E-state index contributed by atoms with van der Waals surface area (Å²) in [6, 6.07) is 12.5. The molecular formula is C21H20N2O4S. The second kappa shape index (κ2) is 7.67. The molecule has 0 unspecified atom stereocenters. The normalized spacial score (nSPS) is 13.6. The minimum Gasteiger partial charge on any atom is -0.454 e. The van der Waals surface area contributed by atoms with Gasteiger partial charge in [0.15, 0.2) is 22.4 Å². The molecule has 0 fully saturated rings. The molecule has 7 heteroatoms. The molecular weight excluding hydrogens is 376 g/mol. The van der Waals surface area contributed by atoms with E-state index in [2.05, 4.69) is 4.98 Å². The van der Waals surface area contributed by atoms with Gasteiger partial charge in [-0.3, -0.25) is 14.2 Å². The Morgan fingerprint density at radius 3 is 2.82 bits per heavy atom. The molecule has 3 aromatic rings. The molecule has 144 valence electrons. The maximum Gasteiger partial charge on any atom is 0.262 e. The molecule has 4 rings (SSSR count). The molecule has 0 radical (unpaired) electrons. The van der Waals surface area contributed by atoms with Crippen LogP contribution in [0.15, 0.2) is 52.4 Å². The minimum absolute atomic E-state index is 0.00671. The Kier molecular flexibility index (Phi) is 5.09. The van der Waals surface area contributed by atoms with Gasteiger partial charge in [0.05, 0.1) is 16.7 Å². The van der Waals surface area contributed by atoms with E-state index >= 15 is 0 Å². The molecule has 0 saturated carbocycles. The van der Waals surface area contributed by atoms with Crippen LogP contribution in [0.5, 0.6) is 11.5 Å². The summed E-state index contributed by atoms with van der Waals surface area (Å²) >= 11 is 1.29. The van der Waals surface area contributed by atoms with E-state index in [9.17, 15) is 9.59 Å². The lowest BCUT2D eigenvalue weighted by molar-refractivity contribution is 0.102. The van der Waals surface area contributed by atoms with Gasteiger partial charge in [-0.2, -0.15) is 0 Å². The second-order valence-corrected chi connectivity index (χ2v) is 7.57. The van der Waals surface area contributed by atoms with E-state index in [-0.39, 0.29) is 29.9 Å². The molecule has 1 atom stereocenters. The summed E-state index contributed by atoms with van der Waals surface area (Å²) in [5, 5.41) is 1.15. The van der Waals surface area contributed by atoms with Crippen LogP contribution in [0.25, 0.3) is 10.9 Å². The van der Waals surface area contributed by atoms with E-state index in [1.165, 1.54) is 11.8 Å². The quantitative estimate of drug-likeness (QED) is 0.355. The third-order valence-electron chi connectivity index (χ3n) is 4.83. The molecule has 0 spiro atoms. The van der Waals surface area contributed by atoms with Gasteiger partial charge in [-0.25, -0.2) is 4.98 Å². The van der Waals surface area contributed by atoms with Crippen LogP contribution in [0.1, 0.15) is 36.7 Å². The molecule has 0 N–H and O–H groups in total. The van der Waals surface area contributed by atoms with Crippen LogP contribution in [-0.4, -0.2) is 27.9 Å². The summed E-state index contributed by atoms with van der Waals surface area (Å²) in [6.07, 6.45) is 0.795. The lowest BCUT2D eigenvalue weighted by Gasteiger charge is -2.18. The topological polar surface area (TPSA) is 70.4 Å². The van der Waals surface area contributed by atoms with Crippen LogP contribution in [0.3, 0.4) is 0 Å². The molecule has 1 aliphatic rings. The zero-order valence-electron chi connectivity index (χ0n) is 15.7.